The van der Waals surface area contributed by atoms with E-state index in [0.29, 0.717) is 0 Å². The molecule has 0 aromatic heterocycles. The summed E-state index contributed by atoms with van der Waals surface area (Å²) in [6, 6.07) is 0. The zero-order chi connectivity index (χ0) is 15.9. The van der Waals surface area contributed by atoms with Gasteiger partial charge in [0, 0.05) is 0 Å². The minimum Gasteiger partial charge on any atom is -0.480 e. The van der Waals surface area contributed by atoms with Crippen molar-refractivity contribution in [2.45, 2.75) is 0 Å². The number of aliphatic carboxylic acids is 1. The standard InChI is InChI=1S/C6H10N6O8/c7-1-4(13)8-2-5(14)9(3-6(15)16)10(11(17)18)12(19)20/h1-3,7H2,(H,8,13)(H,15,16). The predicted molar refractivity (Wildman–Crippen MR) is 57.2 cm³/mol. The summed E-state index contributed by atoms with van der Waals surface area (Å²) in [7, 11) is 0. The van der Waals surface area contributed by atoms with E-state index in [0.717, 1.165) is 0 Å². The Hall–Kier alpha value is -3.03. The molecule has 14 heteroatoms. The summed E-state index contributed by atoms with van der Waals surface area (Å²) in [6.45, 7) is -2.71. The van der Waals surface area contributed by atoms with Gasteiger partial charge in [-0.25, -0.2) is 20.2 Å². The van der Waals surface area contributed by atoms with Gasteiger partial charge in [0.05, 0.1) is 13.1 Å². The zero-order valence-electron chi connectivity index (χ0n) is 9.79. The Balaban J connectivity index is 5.07. The Kier molecular flexibility index (Phi) is 6.29. The number of hydrazine groups is 3. The number of carbonyl (C=O) groups excluding carboxylic acids is 2. The van der Waals surface area contributed by atoms with Crippen molar-refractivity contribution in [3.63, 3.8) is 0 Å². The summed E-state index contributed by atoms with van der Waals surface area (Å²) in [4.78, 5) is 53.7. The molecule has 0 aliphatic rings. The van der Waals surface area contributed by atoms with Gasteiger partial charge in [-0.15, -0.1) is 5.01 Å². The lowest BCUT2D eigenvalue weighted by Gasteiger charge is -2.18. The van der Waals surface area contributed by atoms with E-state index < -0.39 is 52.7 Å². The van der Waals surface area contributed by atoms with Gasteiger partial charge in [0.15, 0.2) is 6.54 Å². The molecule has 0 unspecified atom stereocenters. The summed E-state index contributed by atoms with van der Waals surface area (Å²) < 4.78 is 0. The molecule has 0 saturated carbocycles. The molecule has 0 aromatic rings. The smallest absolute Gasteiger partial charge is 0.325 e. The maximum atomic E-state index is 11.5. The number of nitrogens with zero attached hydrogens (tertiary/aromatic N) is 4. The van der Waals surface area contributed by atoms with Gasteiger partial charge in [0.2, 0.25) is 16.0 Å². The Morgan fingerprint density at radius 1 is 1.20 bits per heavy atom. The first-order valence-electron chi connectivity index (χ1n) is 4.78. The molecule has 0 aliphatic carbocycles. The summed E-state index contributed by atoms with van der Waals surface area (Å²) in [6.07, 6.45) is 0. The molecule has 0 aromatic carbocycles. The van der Waals surface area contributed by atoms with Gasteiger partial charge in [0.25, 0.3) is 11.1 Å². The lowest BCUT2D eigenvalue weighted by Crippen LogP contribution is -2.56. The molecular weight excluding hydrogens is 284 g/mol. The SMILES string of the molecule is NCC(=O)NCC(=O)N(CC(=O)O)N([N+](=O)[O-])[N+](=O)[O-]. The van der Waals surface area contributed by atoms with Crippen molar-refractivity contribution in [2.24, 2.45) is 5.73 Å². The molecule has 0 bridgehead atoms. The first-order chi connectivity index (χ1) is 9.20. The van der Waals surface area contributed by atoms with E-state index >= 15 is 0 Å². The second-order valence-corrected chi connectivity index (χ2v) is 3.07. The number of nitro groups is 2. The first-order valence-corrected chi connectivity index (χ1v) is 4.78. The maximum absolute atomic E-state index is 11.5. The Morgan fingerprint density at radius 2 is 1.70 bits per heavy atom. The van der Waals surface area contributed by atoms with Gasteiger partial charge >= 0.3 is 5.97 Å². The van der Waals surface area contributed by atoms with Crippen molar-refractivity contribution in [3.8, 4) is 0 Å². The third kappa shape index (κ3) is 5.08. The maximum Gasteiger partial charge on any atom is 0.325 e. The van der Waals surface area contributed by atoms with Crippen LogP contribution in [0.4, 0.5) is 0 Å². The average molecular weight is 294 g/mol. The Labute approximate surface area is 109 Å². The fourth-order valence-corrected chi connectivity index (χ4v) is 0.953. The van der Waals surface area contributed by atoms with Crippen molar-refractivity contribution < 1.29 is 29.6 Å². The molecule has 0 fully saturated rings. The van der Waals surface area contributed by atoms with Crippen LogP contribution in [0.2, 0.25) is 0 Å². The van der Waals surface area contributed by atoms with E-state index in [4.69, 9.17) is 10.8 Å². The van der Waals surface area contributed by atoms with Crippen LogP contribution in [0.5, 0.6) is 0 Å². The number of rotatable bonds is 8. The molecule has 0 radical (unpaired) electrons. The highest BCUT2D eigenvalue weighted by Gasteiger charge is 2.41. The van der Waals surface area contributed by atoms with Crippen LogP contribution in [0, 0.1) is 20.2 Å². The fraction of sp³-hybridized carbons (Fsp3) is 0.500. The number of carboxylic acid groups (broad SMARTS) is 1. The highest BCUT2D eigenvalue weighted by Crippen LogP contribution is 2.00. The molecule has 0 saturated heterocycles. The van der Waals surface area contributed by atoms with Crippen molar-refractivity contribution in [2.75, 3.05) is 19.6 Å². The van der Waals surface area contributed by atoms with Crippen LogP contribution < -0.4 is 11.1 Å². The van der Waals surface area contributed by atoms with Crippen LogP contribution in [0.15, 0.2) is 0 Å². The molecule has 0 spiro atoms. The number of hydrogen-bond acceptors (Lipinski definition) is 8. The fourth-order valence-electron chi connectivity index (χ4n) is 0.953. The second kappa shape index (κ2) is 7.41. The van der Waals surface area contributed by atoms with E-state index in [-0.39, 0.29) is 5.01 Å². The van der Waals surface area contributed by atoms with Gasteiger partial charge in [-0.3, -0.25) is 14.4 Å². The third-order valence-corrected chi connectivity index (χ3v) is 1.70. The largest absolute Gasteiger partial charge is 0.480 e. The van der Waals surface area contributed by atoms with Gasteiger partial charge in [-0.2, -0.15) is 0 Å². The molecule has 2 amide bonds. The number of carboxylic acids is 1. The Bertz CT molecular complexity index is 423. The van der Waals surface area contributed by atoms with Crippen LogP contribution in [-0.2, 0) is 14.4 Å². The molecular formula is C6H10N6O8. The molecule has 0 rings (SSSR count). The quantitative estimate of drug-likeness (QED) is 0.298. The van der Waals surface area contributed by atoms with Crippen molar-refractivity contribution in [1.29, 1.82) is 0 Å². The molecule has 0 atom stereocenters. The second-order valence-electron chi connectivity index (χ2n) is 3.07. The van der Waals surface area contributed by atoms with Crippen LogP contribution >= 0.6 is 0 Å². The first kappa shape index (κ1) is 17.0. The molecule has 112 valence electrons. The van der Waals surface area contributed by atoms with E-state index in [1.54, 1.807) is 0 Å². The van der Waals surface area contributed by atoms with Crippen molar-refractivity contribution >= 4 is 17.8 Å². The van der Waals surface area contributed by atoms with Crippen LogP contribution in [0.25, 0.3) is 0 Å². The summed E-state index contributed by atoms with van der Waals surface area (Å²) in [5.41, 5.74) is 4.91. The highest BCUT2D eigenvalue weighted by atomic mass is 16.8. The zero-order valence-corrected chi connectivity index (χ0v) is 9.79. The summed E-state index contributed by atoms with van der Waals surface area (Å²) in [5, 5.41) is 27.0. The third-order valence-electron chi connectivity index (χ3n) is 1.70. The monoisotopic (exact) mass is 294 g/mol. The van der Waals surface area contributed by atoms with Gasteiger partial charge in [0.1, 0.15) is 0 Å². The van der Waals surface area contributed by atoms with Crippen LogP contribution in [0.3, 0.4) is 0 Å². The van der Waals surface area contributed by atoms with Crippen LogP contribution in [0.1, 0.15) is 0 Å². The number of nitrogens with one attached hydrogen (secondary N) is 1. The summed E-state index contributed by atoms with van der Waals surface area (Å²) in [5.74, 6) is -3.90. The number of hydrogen-bond donors (Lipinski definition) is 3. The van der Waals surface area contributed by atoms with E-state index in [2.05, 4.69) is 0 Å². The molecule has 4 N–H and O–H groups in total. The van der Waals surface area contributed by atoms with E-state index in [1.807, 2.05) is 5.32 Å². The topological polar surface area (TPSA) is 202 Å². The Morgan fingerprint density at radius 3 is 2.05 bits per heavy atom. The van der Waals surface area contributed by atoms with Gasteiger partial charge < -0.3 is 16.2 Å². The number of nitrogens with two attached hydrogens (primary N) is 1. The number of amides is 2. The lowest BCUT2D eigenvalue weighted by molar-refractivity contribution is -0.940. The average Bonchev–Trinajstić information content (AvgIpc) is 2.33. The lowest BCUT2D eigenvalue weighted by atomic mass is 10.5. The molecule has 0 heterocycles. The van der Waals surface area contributed by atoms with Crippen molar-refractivity contribution in [3.05, 3.63) is 20.2 Å². The number of carbonyl (C=O) groups is 3. The summed E-state index contributed by atoms with van der Waals surface area (Å²) >= 11 is 0. The van der Waals surface area contributed by atoms with Crippen molar-refractivity contribution in [1.82, 2.24) is 15.6 Å². The minimum atomic E-state index is -1.72. The van der Waals surface area contributed by atoms with Crippen LogP contribution in [-0.4, -0.2) is 62.8 Å². The highest BCUT2D eigenvalue weighted by molar-refractivity contribution is 5.86. The van der Waals surface area contributed by atoms with E-state index in [9.17, 15) is 34.6 Å². The molecule has 20 heavy (non-hydrogen) atoms. The van der Waals surface area contributed by atoms with Gasteiger partial charge in [-0.1, -0.05) is 0 Å². The van der Waals surface area contributed by atoms with Gasteiger partial charge in [-0.05, 0) is 0 Å². The minimum absolute atomic E-state index is 0.251. The van der Waals surface area contributed by atoms with E-state index in [1.165, 1.54) is 0 Å². The predicted octanol–water partition coefficient (Wildman–Crippen LogP) is -3.43. The molecule has 14 nitrogen and oxygen atoms in total. The normalized spacial score (nSPS) is 9.45. The molecule has 0 aliphatic heterocycles.